The number of primary amides is 1. The first-order valence-corrected chi connectivity index (χ1v) is 4.23. The molecule has 1 rings (SSSR count). The second-order valence-corrected chi connectivity index (χ2v) is 3.40. The average Bonchev–Trinajstić information content (AvgIpc) is 2.04. The fourth-order valence-corrected chi connectivity index (χ4v) is 1.44. The molecule has 0 aromatic rings. The highest BCUT2D eigenvalue weighted by molar-refractivity contribution is 5.83. The van der Waals surface area contributed by atoms with Gasteiger partial charge in [0, 0.05) is 32.9 Å². The number of likely N-dealkylation sites (tertiary alicyclic amines) is 1. The lowest BCUT2D eigenvalue weighted by molar-refractivity contribution is -0.146. The summed E-state index contributed by atoms with van der Waals surface area (Å²) in [5, 5.41) is 9.64. The van der Waals surface area contributed by atoms with Crippen LogP contribution in [0.15, 0.2) is 0 Å². The molecular formula is C8H14N2O3. The number of hydrogen-bond donors (Lipinski definition) is 2. The smallest absolute Gasteiger partial charge is 0.249 e. The van der Waals surface area contributed by atoms with Crippen LogP contribution in [-0.4, -0.2) is 40.5 Å². The molecule has 0 radical (unpaired) electrons. The molecule has 0 atom stereocenters. The molecule has 1 saturated heterocycles. The highest BCUT2D eigenvalue weighted by Crippen LogP contribution is 2.21. The minimum atomic E-state index is -1.41. The molecule has 0 saturated carbocycles. The minimum Gasteiger partial charge on any atom is -0.380 e. The largest absolute Gasteiger partial charge is 0.380 e. The van der Waals surface area contributed by atoms with E-state index in [2.05, 4.69) is 0 Å². The summed E-state index contributed by atoms with van der Waals surface area (Å²) in [5.41, 5.74) is 3.62. The summed E-state index contributed by atoms with van der Waals surface area (Å²) in [4.78, 5) is 23.3. The van der Waals surface area contributed by atoms with Gasteiger partial charge in [0.15, 0.2) is 0 Å². The van der Waals surface area contributed by atoms with Crippen LogP contribution in [-0.2, 0) is 9.59 Å². The van der Waals surface area contributed by atoms with Gasteiger partial charge in [0.05, 0.1) is 0 Å². The molecule has 0 aliphatic carbocycles. The summed E-state index contributed by atoms with van der Waals surface area (Å²) >= 11 is 0. The van der Waals surface area contributed by atoms with Crippen molar-refractivity contribution in [3.63, 3.8) is 0 Å². The molecule has 13 heavy (non-hydrogen) atoms. The molecule has 1 aliphatic heterocycles. The van der Waals surface area contributed by atoms with Crippen LogP contribution in [0.4, 0.5) is 0 Å². The summed E-state index contributed by atoms with van der Waals surface area (Å²) in [6.45, 7) is 2.26. The lowest BCUT2D eigenvalue weighted by Crippen LogP contribution is -2.53. The fraction of sp³-hybridized carbons (Fsp3) is 0.750. The number of nitrogens with zero attached hydrogens (tertiary/aromatic N) is 1. The van der Waals surface area contributed by atoms with E-state index >= 15 is 0 Å². The Balaban J connectivity index is 2.56. The van der Waals surface area contributed by atoms with Crippen molar-refractivity contribution in [1.82, 2.24) is 4.90 Å². The van der Waals surface area contributed by atoms with Gasteiger partial charge in [-0.15, -0.1) is 0 Å². The second kappa shape index (κ2) is 3.33. The van der Waals surface area contributed by atoms with Crippen molar-refractivity contribution in [3.8, 4) is 0 Å². The van der Waals surface area contributed by atoms with Gasteiger partial charge in [0.1, 0.15) is 5.60 Å². The zero-order valence-corrected chi connectivity index (χ0v) is 7.62. The molecule has 3 N–H and O–H groups in total. The number of piperidine rings is 1. The highest BCUT2D eigenvalue weighted by atomic mass is 16.3. The van der Waals surface area contributed by atoms with E-state index < -0.39 is 11.5 Å². The van der Waals surface area contributed by atoms with Gasteiger partial charge < -0.3 is 15.7 Å². The second-order valence-electron chi connectivity index (χ2n) is 3.40. The lowest BCUT2D eigenvalue weighted by atomic mass is 9.91. The minimum absolute atomic E-state index is 0.0356. The van der Waals surface area contributed by atoms with Gasteiger partial charge in [-0.3, -0.25) is 9.59 Å². The third-order valence-electron chi connectivity index (χ3n) is 2.49. The number of carbonyl (C=O) groups excluding carboxylic acids is 2. The molecular weight excluding hydrogens is 172 g/mol. The maximum Gasteiger partial charge on any atom is 0.249 e. The Morgan fingerprint density at radius 2 is 1.85 bits per heavy atom. The molecule has 5 nitrogen and oxygen atoms in total. The number of rotatable bonds is 1. The van der Waals surface area contributed by atoms with E-state index in [1.165, 1.54) is 6.92 Å². The zero-order chi connectivity index (χ0) is 10.1. The van der Waals surface area contributed by atoms with E-state index in [4.69, 9.17) is 5.73 Å². The Bertz CT molecular complexity index is 232. The summed E-state index contributed by atoms with van der Waals surface area (Å²) < 4.78 is 0. The molecule has 5 heteroatoms. The Morgan fingerprint density at radius 1 is 1.38 bits per heavy atom. The highest BCUT2D eigenvalue weighted by Gasteiger charge is 2.38. The summed E-state index contributed by atoms with van der Waals surface area (Å²) in [5.74, 6) is -0.734. The van der Waals surface area contributed by atoms with Crippen molar-refractivity contribution in [2.24, 2.45) is 5.73 Å². The Morgan fingerprint density at radius 3 is 2.15 bits per heavy atom. The molecule has 1 fully saturated rings. The van der Waals surface area contributed by atoms with Gasteiger partial charge in [-0.1, -0.05) is 0 Å². The van der Waals surface area contributed by atoms with E-state index in [9.17, 15) is 14.7 Å². The normalized spacial score (nSPS) is 21.2. The number of amides is 2. The van der Waals surface area contributed by atoms with Crippen LogP contribution in [0.25, 0.3) is 0 Å². The fourth-order valence-electron chi connectivity index (χ4n) is 1.44. The molecule has 74 valence electrons. The van der Waals surface area contributed by atoms with Crippen molar-refractivity contribution in [2.75, 3.05) is 13.1 Å². The van der Waals surface area contributed by atoms with Gasteiger partial charge in [0.2, 0.25) is 11.8 Å². The topological polar surface area (TPSA) is 83.6 Å². The van der Waals surface area contributed by atoms with Crippen molar-refractivity contribution in [2.45, 2.75) is 25.4 Å². The summed E-state index contributed by atoms with van der Waals surface area (Å²) in [7, 11) is 0. The van der Waals surface area contributed by atoms with Crippen LogP contribution in [0, 0.1) is 0 Å². The number of nitrogens with two attached hydrogens (primary N) is 1. The Kier molecular flexibility index (Phi) is 2.56. The summed E-state index contributed by atoms with van der Waals surface area (Å²) in [6, 6.07) is 0. The molecule has 1 heterocycles. The van der Waals surface area contributed by atoms with Crippen LogP contribution in [0.2, 0.25) is 0 Å². The van der Waals surface area contributed by atoms with E-state index in [1.807, 2.05) is 0 Å². The molecule has 0 spiro atoms. The first kappa shape index (κ1) is 9.98. The average molecular weight is 186 g/mol. The standard InChI is InChI=1S/C8H14N2O3/c1-6(11)10-4-2-8(13,3-5-10)7(9)12/h13H,2-5H2,1H3,(H2,9,12). The monoisotopic (exact) mass is 186 g/mol. The van der Waals surface area contributed by atoms with E-state index in [0.717, 1.165) is 0 Å². The molecule has 0 bridgehead atoms. The van der Waals surface area contributed by atoms with Crippen molar-refractivity contribution in [3.05, 3.63) is 0 Å². The zero-order valence-electron chi connectivity index (χ0n) is 7.62. The third kappa shape index (κ3) is 1.98. The third-order valence-corrected chi connectivity index (χ3v) is 2.49. The first-order chi connectivity index (χ1) is 5.96. The SMILES string of the molecule is CC(=O)N1CCC(O)(C(N)=O)CC1. The van der Waals surface area contributed by atoms with Crippen LogP contribution >= 0.6 is 0 Å². The predicted molar refractivity (Wildman–Crippen MR) is 45.6 cm³/mol. The van der Waals surface area contributed by atoms with Crippen LogP contribution in [0.5, 0.6) is 0 Å². The van der Waals surface area contributed by atoms with Crippen LogP contribution in [0.1, 0.15) is 19.8 Å². The van der Waals surface area contributed by atoms with Gasteiger partial charge >= 0.3 is 0 Å². The maximum absolute atomic E-state index is 10.9. The number of hydrogen-bond acceptors (Lipinski definition) is 3. The molecule has 0 aromatic heterocycles. The predicted octanol–water partition coefficient (Wildman–Crippen LogP) is -1.15. The number of carbonyl (C=O) groups is 2. The molecule has 0 unspecified atom stereocenters. The Hall–Kier alpha value is -1.10. The van der Waals surface area contributed by atoms with Gasteiger partial charge in [-0.25, -0.2) is 0 Å². The van der Waals surface area contributed by atoms with Gasteiger partial charge in [-0.2, -0.15) is 0 Å². The summed E-state index contributed by atoms with van der Waals surface area (Å²) in [6.07, 6.45) is 0.476. The van der Waals surface area contributed by atoms with Gasteiger partial charge in [0.25, 0.3) is 0 Å². The maximum atomic E-state index is 10.9. The molecule has 0 aromatic carbocycles. The van der Waals surface area contributed by atoms with E-state index in [1.54, 1.807) is 4.90 Å². The number of aliphatic hydroxyl groups is 1. The first-order valence-electron chi connectivity index (χ1n) is 4.23. The van der Waals surface area contributed by atoms with E-state index in [0.29, 0.717) is 13.1 Å². The Labute approximate surface area is 76.5 Å². The van der Waals surface area contributed by atoms with Crippen molar-refractivity contribution < 1.29 is 14.7 Å². The van der Waals surface area contributed by atoms with Crippen molar-refractivity contribution in [1.29, 1.82) is 0 Å². The van der Waals surface area contributed by atoms with E-state index in [-0.39, 0.29) is 18.7 Å². The van der Waals surface area contributed by atoms with Crippen LogP contribution in [0.3, 0.4) is 0 Å². The lowest BCUT2D eigenvalue weighted by Gasteiger charge is -2.35. The van der Waals surface area contributed by atoms with Gasteiger partial charge in [-0.05, 0) is 0 Å². The van der Waals surface area contributed by atoms with Crippen LogP contribution < -0.4 is 5.73 Å². The quantitative estimate of drug-likeness (QED) is 0.542. The van der Waals surface area contributed by atoms with Crippen molar-refractivity contribution >= 4 is 11.8 Å². The molecule has 1 aliphatic rings. The molecule has 2 amide bonds.